The Balaban J connectivity index is 2.06. The molecule has 1 aromatic carbocycles. The highest BCUT2D eigenvalue weighted by Gasteiger charge is 2.25. The van der Waals surface area contributed by atoms with Crippen LogP contribution in [-0.2, 0) is 9.84 Å². The lowest BCUT2D eigenvalue weighted by atomic mass is 10.1. The van der Waals surface area contributed by atoms with Gasteiger partial charge >= 0.3 is 0 Å². The molecule has 0 aromatic heterocycles. The molecule has 1 aliphatic rings. The van der Waals surface area contributed by atoms with Gasteiger partial charge in [0.15, 0.2) is 9.84 Å². The fourth-order valence-corrected chi connectivity index (χ4v) is 4.08. The molecule has 0 spiro atoms. The first-order valence-electron chi connectivity index (χ1n) is 6.28. The minimum atomic E-state index is -2.99. The van der Waals surface area contributed by atoms with E-state index in [0.29, 0.717) is 12.0 Å². The first-order chi connectivity index (χ1) is 8.85. The number of rotatable bonds is 3. The zero-order valence-corrected chi connectivity index (χ0v) is 11.5. The number of hydrogen-bond donors (Lipinski definition) is 1. The van der Waals surface area contributed by atoms with E-state index in [4.69, 9.17) is 0 Å². The summed E-state index contributed by atoms with van der Waals surface area (Å²) in [5.41, 5.74) is 0.487. The van der Waals surface area contributed by atoms with Crippen molar-refractivity contribution < 1.29 is 17.2 Å². The van der Waals surface area contributed by atoms with Gasteiger partial charge in [-0.25, -0.2) is 17.2 Å². The second-order valence-corrected chi connectivity index (χ2v) is 7.27. The molecule has 1 N–H and O–H groups in total. The Morgan fingerprint density at radius 2 is 1.89 bits per heavy atom. The largest absolute Gasteiger partial charge is 0.306 e. The molecule has 0 saturated carbocycles. The predicted octanol–water partition coefficient (Wildman–Crippen LogP) is 2.19. The summed E-state index contributed by atoms with van der Waals surface area (Å²) in [7, 11) is -2.99. The summed E-state index contributed by atoms with van der Waals surface area (Å²) in [6, 6.07) is 2.90. The first kappa shape index (κ1) is 14.4. The smallest absolute Gasteiger partial charge is 0.151 e. The van der Waals surface area contributed by atoms with Crippen LogP contribution < -0.4 is 5.32 Å². The maximum atomic E-state index is 13.1. The van der Waals surface area contributed by atoms with Crippen molar-refractivity contribution in [3.05, 3.63) is 35.4 Å². The second kappa shape index (κ2) is 5.54. The third-order valence-electron chi connectivity index (χ3n) is 3.33. The van der Waals surface area contributed by atoms with Crippen LogP contribution in [0, 0.1) is 11.6 Å². The summed E-state index contributed by atoms with van der Waals surface area (Å²) < 4.78 is 49.3. The molecule has 0 radical (unpaired) electrons. The summed E-state index contributed by atoms with van der Waals surface area (Å²) in [6.45, 7) is 1.77. The number of benzene rings is 1. The van der Waals surface area contributed by atoms with E-state index in [1.807, 2.05) is 0 Å². The van der Waals surface area contributed by atoms with Crippen LogP contribution in [0.2, 0.25) is 0 Å². The van der Waals surface area contributed by atoms with Crippen LogP contribution in [-0.4, -0.2) is 26.0 Å². The normalized spacial score (nSPS) is 24.1. The molecule has 0 bridgehead atoms. The molecule has 3 nitrogen and oxygen atoms in total. The number of hydrogen-bond acceptors (Lipinski definition) is 3. The van der Waals surface area contributed by atoms with E-state index in [1.165, 1.54) is 12.1 Å². The third kappa shape index (κ3) is 3.98. The van der Waals surface area contributed by atoms with Crippen LogP contribution in [0.3, 0.4) is 0 Å². The summed E-state index contributed by atoms with van der Waals surface area (Å²) in [4.78, 5) is 0. The van der Waals surface area contributed by atoms with E-state index in [2.05, 4.69) is 5.32 Å². The Morgan fingerprint density at radius 3 is 2.47 bits per heavy atom. The maximum absolute atomic E-state index is 13.1. The van der Waals surface area contributed by atoms with Gasteiger partial charge in [-0.15, -0.1) is 0 Å². The van der Waals surface area contributed by atoms with Gasteiger partial charge in [-0.05, 0) is 37.5 Å². The fraction of sp³-hybridized carbons (Fsp3) is 0.538. The van der Waals surface area contributed by atoms with Crippen molar-refractivity contribution in [3.8, 4) is 0 Å². The monoisotopic (exact) mass is 289 g/mol. The molecule has 6 heteroatoms. The molecule has 19 heavy (non-hydrogen) atoms. The van der Waals surface area contributed by atoms with E-state index in [1.54, 1.807) is 6.92 Å². The molecule has 2 unspecified atom stereocenters. The molecule has 1 fully saturated rings. The van der Waals surface area contributed by atoms with Crippen LogP contribution in [0.25, 0.3) is 0 Å². The quantitative estimate of drug-likeness (QED) is 0.928. The zero-order chi connectivity index (χ0) is 14.0. The van der Waals surface area contributed by atoms with E-state index in [-0.39, 0.29) is 23.6 Å². The summed E-state index contributed by atoms with van der Waals surface area (Å²) in [6.07, 6.45) is 1.39. The lowest BCUT2D eigenvalue weighted by Gasteiger charge is -2.26. The second-order valence-electron chi connectivity index (χ2n) is 5.04. The standard InChI is InChI=1S/C13H17F2NO2S/c1-9(10-5-11(14)7-12(15)6-10)16-13-3-2-4-19(17,18)8-13/h5-7,9,13,16H,2-4,8H2,1H3. The summed E-state index contributed by atoms with van der Waals surface area (Å²) >= 11 is 0. The van der Waals surface area contributed by atoms with Crippen LogP contribution >= 0.6 is 0 Å². The average Bonchev–Trinajstić information content (AvgIpc) is 2.26. The van der Waals surface area contributed by atoms with Gasteiger partial charge in [0.1, 0.15) is 11.6 Å². The van der Waals surface area contributed by atoms with Gasteiger partial charge in [-0.2, -0.15) is 0 Å². The van der Waals surface area contributed by atoms with E-state index in [0.717, 1.165) is 12.5 Å². The SMILES string of the molecule is CC(NC1CCCS(=O)(=O)C1)c1cc(F)cc(F)c1. The molecular weight excluding hydrogens is 272 g/mol. The zero-order valence-electron chi connectivity index (χ0n) is 10.7. The third-order valence-corrected chi connectivity index (χ3v) is 5.15. The first-order valence-corrected chi connectivity index (χ1v) is 8.10. The van der Waals surface area contributed by atoms with Crippen molar-refractivity contribution in [1.82, 2.24) is 5.32 Å². The Morgan fingerprint density at radius 1 is 1.26 bits per heavy atom. The van der Waals surface area contributed by atoms with Gasteiger partial charge in [-0.1, -0.05) is 0 Å². The van der Waals surface area contributed by atoms with Gasteiger partial charge < -0.3 is 5.32 Å². The minimum absolute atomic E-state index is 0.0924. The van der Waals surface area contributed by atoms with Gasteiger partial charge in [0.2, 0.25) is 0 Å². The minimum Gasteiger partial charge on any atom is -0.306 e. The predicted molar refractivity (Wildman–Crippen MR) is 69.6 cm³/mol. The van der Waals surface area contributed by atoms with Crippen LogP contribution in [0.1, 0.15) is 31.4 Å². The van der Waals surface area contributed by atoms with E-state index in [9.17, 15) is 17.2 Å². The molecule has 0 aliphatic carbocycles. The fourth-order valence-electron chi connectivity index (χ4n) is 2.43. The van der Waals surface area contributed by atoms with Gasteiger partial charge in [0, 0.05) is 18.2 Å². The molecule has 2 atom stereocenters. The van der Waals surface area contributed by atoms with Crippen LogP contribution in [0.5, 0.6) is 0 Å². The topological polar surface area (TPSA) is 46.2 Å². The van der Waals surface area contributed by atoms with Crippen LogP contribution in [0.4, 0.5) is 8.78 Å². The number of sulfone groups is 1. The molecule has 2 rings (SSSR count). The number of nitrogens with one attached hydrogen (secondary N) is 1. The Labute approximate surface area is 111 Å². The van der Waals surface area contributed by atoms with E-state index < -0.39 is 21.5 Å². The van der Waals surface area contributed by atoms with Gasteiger partial charge in [0.25, 0.3) is 0 Å². The Kier molecular flexibility index (Phi) is 4.20. The average molecular weight is 289 g/mol. The van der Waals surface area contributed by atoms with Crippen molar-refractivity contribution in [2.75, 3.05) is 11.5 Å². The van der Waals surface area contributed by atoms with Crippen molar-refractivity contribution in [2.24, 2.45) is 0 Å². The molecule has 1 heterocycles. The lowest BCUT2D eigenvalue weighted by Crippen LogP contribution is -2.41. The molecule has 1 aliphatic heterocycles. The van der Waals surface area contributed by atoms with Gasteiger partial charge in [0.05, 0.1) is 11.5 Å². The Bertz CT molecular complexity index is 540. The maximum Gasteiger partial charge on any atom is 0.151 e. The van der Waals surface area contributed by atoms with E-state index >= 15 is 0 Å². The molecule has 106 valence electrons. The summed E-state index contributed by atoms with van der Waals surface area (Å²) in [5.74, 6) is -0.927. The highest BCUT2D eigenvalue weighted by molar-refractivity contribution is 7.91. The molecule has 0 amide bonds. The summed E-state index contributed by atoms with van der Waals surface area (Å²) in [5, 5.41) is 3.13. The van der Waals surface area contributed by atoms with Crippen molar-refractivity contribution in [2.45, 2.75) is 31.8 Å². The highest BCUT2D eigenvalue weighted by atomic mass is 32.2. The lowest BCUT2D eigenvalue weighted by molar-refractivity contribution is 0.434. The molecule has 1 aromatic rings. The number of halogens is 2. The van der Waals surface area contributed by atoms with Crippen molar-refractivity contribution in [3.63, 3.8) is 0 Å². The van der Waals surface area contributed by atoms with Crippen LogP contribution in [0.15, 0.2) is 18.2 Å². The highest BCUT2D eigenvalue weighted by Crippen LogP contribution is 2.19. The van der Waals surface area contributed by atoms with Crippen molar-refractivity contribution in [1.29, 1.82) is 0 Å². The Hall–Kier alpha value is -1.01. The molecular formula is C13H17F2NO2S. The van der Waals surface area contributed by atoms with Gasteiger partial charge in [-0.3, -0.25) is 0 Å². The van der Waals surface area contributed by atoms with Crippen molar-refractivity contribution >= 4 is 9.84 Å². The molecule has 1 saturated heterocycles.